The molecule has 0 radical (unpaired) electrons. The SMILES string of the molecule is Cn1c(=O)c2c(nc3n2CCCN3Cc2ccc(Br)cc2F)n(C)c1=O. The molecule has 2 aromatic heterocycles. The molecular weight excluding hydrogens is 405 g/mol. The summed E-state index contributed by atoms with van der Waals surface area (Å²) in [6.07, 6.45) is 0.808. The molecule has 9 heteroatoms. The highest BCUT2D eigenvalue weighted by atomic mass is 79.9. The van der Waals surface area contributed by atoms with Gasteiger partial charge in [-0.2, -0.15) is 4.98 Å². The zero-order valence-corrected chi connectivity index (χ0v) is 16.0. The number of benzene rings is 1. The summed E-state index contributed by atoms with van der Waals surface area (Å²) in [7, 11) is 3.06. The predicted molar refractivity (Wildman–Crippen MR) is 100.0 cm³/mol. The molecule has 0 aliphatic carbocycles. The van der Waals surface area contributed by atoms with Crippen molar-refractivity contribution in [1.29, 1.82) is 0 Å². The molecule has 0 spiro atoms. The minimum Gasteiger partial charge on any atom is -0.338 e. The van der Waals surface area contributed by atoms with Crippen molar-refractivity contribution in [3.05, 3.63) is 54.9 Å². The van der Waals surface area contributed by atoms with Crippen LogP contribution in [0.3, 0.4) is 0 Å². The summed E-state index contributed by atoms with van der Waals surface area (Å²) in [6, 6.07) is 4.96. The maximum atomic E-state index is 14.2. The lowest BCUT2D eigenvalue weighted by Gasteiger charge is -2.29. The lowest BCUT2D eigenvalue weighted by molar-refractivity contribution is 0.548. The Kier molecular flexibility index (Phi) is 3.98. The first-order chi connectivity index (χ1) is 12.4. The van der Waals surface area contributed by atoms with Gasteiger partial charge in [-0.3, -0.25) is 13.9 Å². The smallest absolute Gasteiger partial charge is 0.332 e. The van der Waals surface area contributed by atoms with Gasteiger partial charge in [0.05, 0.1) is 0 Å². The average Bonchev–Trinajstić information content (AvgIpc) is 3.01. The molecule has 26 heavy (non-hydrogen) atoms. The second-order valence-electron chi connectivity index (χ2n) is 6.45. The number of imidazole rings is 1. The van der Waals surface area contributed by atoms with E-state index in [1.54, 1.807) is 19.2 Å². The summed E-state index contributed by atoms with van der Waals surface area (Å²) in [4.78, 5) is 31.3. The van der Waals surface area contributed by atoms with E-state index in [0.29, 0.717) is 46.8 Å². The molecule has 0 saturated heterocycles. The lowest BCUT2D eigenvalue weighted by Crippen LogP contribution is -2.38. The van der Waals surface area contributed by atoms with Gasteiger partial charge in [0.25, 0.3) is 5.56 Å². The van der Waals surface area contributed by atoms with Crippen molar-refractivity contribution < 1.29 is 4.39 Å². The first kappa shape index (κ1) is 17.0. The predicted octanol–water partition coefficient (Wildman–Crippen LogP) is 1.75. The third kappa shape index (κ3) is 2.49. The Hall–Kier alpha value is -2.42. The molecule has 1 aromatic carbocycles. The lowest BCUT2D eigenvalue weighted by atomic mass is 10.2. The van der Waals surface area contributed by atoms with Crippen LogP contribution in [0.15, 0.2) is 32.3 Å². The van der Waals surface area contributed by atoms with Crippen LogP contribution >= 0.6 is 15.9 Å². The van der Waals surface area contributed by atoms with E-state index in [2.05, 4.69) is 20.9 Å². The average molecular weight is 422 g/mol. The molecule has 0 unspecified atom stereocenters. The molecule has 4 rings (SSSR count). The van der Waals surface area contributed by atoms with Gasteiger partial charge in [-0.25, -0.2) is 9.18 Å². The molecule has 0 amide bonds. The fraction of sp³-hybridized carbons (Fsp3) is 0.353. The Bertz CT molecular complexity index is 1150. The number of anilines is 1. The molecular formula is C17H17BrFN5O2. The maximum Gasteiger partial charge on any atom is 0.332 e. The summed E-state index contributed by atoms with van der Waals surface area (Å²) >= 11 is 3.26. The first-order valence-corrected chi connectivity index (χ1v) is 9.03. The molecule has 1 aliphatic heterocycles. The number of hydrogen-bond acceptors (Lipinski definition) is 4. The van der Waals surface area contributed by atoms with Gasteiger partial charge in [0.1, 0.15) is 5.82 Å². The maximum absolute atomic E-state index is 14.2. The number of aryl methyl sites for hydroxylation is 2. The Balaban J connectivity index is 1.87. The largest absolute Gasteiger partial charge is 0.338 e. The van der Waals surface area contributed by atoms with Crippen LogP contribution in [0.5, 0.6) is 0 Å². The molecule has 1 aliphatic rings. The number of rotatable bonds is 2. The standard InChI is InChI=1S/C17H17BrFN5O2/c1-21-14-13(15(25)22(2)17(21)26)24-7-3-6-23(16(24)20-14)9-10-4-5-11(18)8-12(10)19/h4-5,8H,3,6-7,9H2,1-2H3. The second kappa shape index (κ2) is 6.08. The minimum atomic E-state index is -0.413. The van der Waals surface area contributed by atoms with Gasteiger partial charge in [0, 0.05) is 43.8 Å². The summed E-state index contributed by atoms with van der Waals surface area (Å²) in [5.74, 6) is 0.294. The quantitative estimate of drug-likeness (QED) is 0.632. The Morgan fingerprint density at radius 2 is 1.96 bits per heavy atom. The van der Waals surface area contributed by atoms with Crippen LogP contribution in [0.4, 0.5) is 10.3 Å². The van der Waals surface area contributed by atoms with E-state index in [9.17, 15) is 14.0 Å². The molecule has 7 nitrogen and oxygen atoms in total. The number of aromatic nitrogens is 4. The highest BCUT2D eigenvalue weighted by Gasteiger charge is 2.26. The first-order valence-electron chi connectivity index (χ1n) is 8.23. The van der Waals surface area contributed by atoms with Crippen molar-refractivity contribution in [1.82, 2.24) is 18.7 Å². The van der Waals surface area contributed by atoms with Gasteiger partial charge in [0.15, 0.2) is 11.2 Å². The van der Waals surface area contributed by atoms with E-state index < -0.39 is 5.69 Å². The monoisotopic (exact) mass is 421 g/mol. The van der Waals surface area contributed by atoms with Crippen LogP contribution < -0.4 is 16.1 Å². The third-order valence-electron chi connectivity index (χ3n) is 4.80. The summed E-state index contributed by atoms with van der Waals surface area (Å²) in [5, 5.41) is 0. The summed E-state index contributed by atoms with van der Waals surface area (Å²) < 4.78 is 19.2. The molecule has 0 N–H and O–H groups in total. The number of nitrogens with zero attached hydrogens (tertiary/aromatic N) is 5. The van der Waals surface area contributed by atoms with Gasteiger partial charge in [-0.15, -0.1) is 0 Å². The van der Waals surface area contributed by atoms with Gasteiger partial charge in [-0.1, -0.05) is 22.0 Å². The van der Waals surface area contributed by atoms with Crippen molar-refractivity contribution in [3.8, 4) is 0 Å². The van der Waals surface area contributed by atoms with Crippen LogP contribution in [0.1, 0.15) is 12.0 Å². The van der Waals surface area contributed by atoms with Crippen molar-refractivity contribution >= 4 is 33.0 Å². The molecule has 3 heterocycles. The number of halogens is 2. The highest BCUT2D eigenvalue weighted by Crippen LogP contribution is 2.26. The molecule has 3 aromatic rings. The van der Waals surface area contributed by atoms with E-state index in [0.717, 1.165) is 11.0 Å². The van der Waals surface area contributed by atoms with Crippen molar-refractivity contribution in [2.24, 2.45) is 14.1 Å². The van der Waals surface area contributed by atoms with E-state index >= 15 is 0 Å². The van der Waals surface area contributed by atoms with E-state index in [4.69, 9.17) is 0 Å². The van der Waals surface area contributed by atoms with E-state index in [1.807, 2.05) is 9.47 Å². The molecule has 0 saturated carbocycles. The number of hydrogen-bond donors (Lipinski definition) is 0. The fourth-order valence-corrected chi connectivity index (χ4v) is 3.75. The Morgan fingerprint density at radius 1 is 1.19 bits per heavy atom. The van der Waals surface area contributed by atoms with Gasteiger partial charge >= 0.3 is 5.69 Å². The minimum absolute atomic E-state index is 0.295. The molecule has 0 bridgehead atoms. The molecule has 0 atom stereocenters. The normalized spacial score (nSPS) is 14.1. The number of fused-ring (bicyclic) bond motifs is 3. The zero-order valence-electron chi connectivity index (χ0n) is 14.4. The summed E-state index contributed by atoms with van der Waals surface area (Å²) in [6.45, 7) is 1.68. The van der Waals surface area contributed by atoms with Crippen LogP contribution in [0.25, 0.3) is 11.2 Å². The van der Waals surface area contributed by atoms with Gasteiger partial charge in [0.2, 0.25) is 5.95 Å². The third-order valence-corrected chi connectivity index (χ3v) is 5.29. The van der Waals surface area contributed by atoms with Crippen molar-refractivity contribution in [2.75, 3.05) is 11.4 Å². The summed E-state index contributed by atoms with van der Waals surface area (Å²) in [5.41, 5.74) is 0.541. The van der Waals surface area contributed by atoms with Crippen LogP contribution in [-0.2, 0) is 27.2 Å². The second-order valence-corrected chi connectivity index (χ2v) is 7.37. The van der Waals surface area contributed by atoms with Crippen LogP contribution in [0.2, 0.25) is 0 Å². The molecule has 0 fully saturated rings. The van der Waals surface area contributed by atoms with Gasteiger partial charge in [-0.05, 0) is 18.6 Å². The Morgan fingerprint density at radius 3 is 2.69 bits per heavy atom. The van der Waals surface area contributed by atoms with Gasteiger partial charge < -0.3 is 9.47 Å². The van der Waals surface area contributed by atoms with Crippen LogP contribution in [-0.4, -0.2) is 25.2 Å². The van der Waals surface area contributed by atoms with E-state index in [-0.39, 0.29) is 11.4 Å². The molecule has 136 valence electrons. The Labute approximate surface area is 156 Å². The van der Waals surface area contributed by atoms with E-state index in [1.165, 1.54) is 17.7 Å². The topological polar surface area (TPSA) is 65.1 Å². The van der Waals surface area contributed by atoms with Crippen LogP contribution in [0, 0.1) is 5.82 Å². The van der Waals surface area contributed by atoms with Crippen molar-refractivity contribution in [3.63, 3.8) is 0 Å². The van der Waals surface area contributed by atoms with Crippen molar-refractivity contribution in [2.45, 2.75) is 19.5 Å². The fourth-order valence-electron chi connectivity index (χ4n) is 3.41. The zero-order chi connectivity index (χ0) is 18.6. The highest BCUT2D eigenvalue weighted by molar-refractivity contribution is 9.10.